The van der Waals surface area contributed by atoms with Crippen LogP contribution in [-0.2, 0) is 11.2 Å². The zero-order chi connectivity index (χ0) is 25.0. The van der Waals surface area contributed by atoms with Crippen LogP contribution >= 0.6 is 0 Å². The Balaban J connectivity index is 1.90. The molecule has 34 heavy (non-hydrogen) atoms. The fraction of sp³-hybridized carbons (Fsp3) is 0.308. The number of fused-ring (bicyclic) bond motifs is 1. The first-order valence-corrected chi connectivity index (χ1v) is 10.6. The summed E-state index contributed by atoms with van der Waals surface area (Å²) in [6.45, 7) is 9.70. The van der Waals surface area contributed by atoms with Crippen molar-refractivity contribution >= 4 is 22.6 Å². The largest absolute Gasteiger partial charge is 0.493 e. The minimum Gasteiger partial charge on any atom is -0.493 e. The Bertz CT molecular complexity index is 1280. The lowest BCUT2D eigenvalue weighted by Gasteiger charge is -2.15. The van der Waals surface area contributed by atoms with Crippen LogP contribution in [0.4, 0.5) is 5.69 Å². The second-order valence-electron chi connectivity index (χ2n) is 7.94. The molecule has 1 heterocycles. The molecular weight excluding hydrogens is 438 g/mol. The topological polar surface area (TPSA) is 96.2 Å². The van der Waals surface area contributed by atoms with E-state index in [0.717, 1.165) is 11.0 Å². The van der Waals surface area contributed by atoms with Crippen LogP contribution in [0.5, 0.6) is 23.0 Å². The van der Waals surface area contributed by atoms with Gasteiger partial charge in [0.2, 0.25) is 11.7 Å². The number of methoxy groups -OCH3 is 3. The average Bonchev–Trinajstić information content (AvgIpc) is 2.80. The van der Waals surface area contributed by atoms with E-state index >= 15 is 0 Å². The van der Waals surface area contributed by atoms with Crippen molar-refractivity contribution in [2.75, 3.05) is 33.3 Å². The average molecular weight is 468 g/mol. The van der Waals surface area contributed by atoms with Gasteiger partial charge in [-0.3, -0.25) is 4.79 Å². The van der Waals surface area contributed by atoms with Crippen LogP contribution in [0.25, 0.3) is 11.0 Å². The van der Waals surface area contributed by atoms with Crippen molar-refractivity contribution in [2.45, 2.75) is 27.2 Å². The quantitative estimate of drug-likeness (QED) is 0.364. The molecule has 0 radical (unpaired) electrons. The van der Waals surface area contributed by atoms with E-state index in [9.17, 15) is 9.59 Å². The first-order valence-electron chi connectivity index (χ1n) is 10.6. The number of rotatable bonds is 9. The van der Waals surface area contributed by atoms with E-state index in [-0.39, 0.29) is 17.9 Å². The molecule has 180 valence electrons. The van der Waals surface area contributed by atoms with Gasteiger partial charge in [0.1, 0.15) is 17.9 Å². The normalized spacial score (nSPS) is 10.6. The van der Waals surface area contributed by atoms with E-state index in [4.69, 9.17) is 23.4 Å². The molecule has 1 amide bonds. The summed E-state index contributed by atoms with van der Waals surface area (Å²) in [5.41, 5.74) is 2.88. The SMILES string of the molecule is C=C(C)COc1ccc2c(C)c(CC(=O)Nc3cc(OC)c(OC)c(OC)c3)c(=O)oc2c1C. The van der Waals surface area contributed by atoms with Gasteiger partial charge in [0.15, 0.2) is 11.5 Å². The predicted molar refractivity (Wildman–Crippen MR) is 131 cm³/mol. The van der Waals surface area contributed by atoms with Crippen LogP contribution in [0.2, 0.25) is 0 Å². The number of benzene rings is 2. The number of anilines is 1. The second-order valence-corrected chi connectivity index (χ2v) is 7.94. The molecule has 8 nitrogen and oxygen atoms in total. The Labute approximate surface area is 198 Å². The Morgan fingerprint density at radius 3 is 2.21 bits per heavy atom. The molecule has 0 atom stereocenters. The molecule has 0 unspecified atom stereocenters. The van der Waals surface area contributed by atoms with Crippen molar-refractivity contribution in [1.82, 2.24) is 0 Å². The van der Waals surface area contributed by atoms with Crippen LogP contribution in [-0.4, -0.2) is 33.8 Å². The van der Waals surface area contributed by atoms with Gasteiger partial charge in [0.25, 0.3) is 0 Å². The third-order valence-electron chi connectivity index (χ3n) is 5.41. The Morgan fingerprint density at radius 2 is 1.65 bits per heavy atom. The van der Waals surface area contributed by atoms with Gasteiger partial charge in [0, 0.05) is 28.8 Å². The number of hydrogen-bond acceptors (Lipinski definition) is 7. The third kappa shape index (κ3) is 5.01. The van der Waals surface area contributed by atoms with Crippen molar-refractivity contribution in [2.24, 2.45) is 0 Å². The molecule has 3 aromatic rings. The van der Waals surface area contributed by atoms with Gasteiger partial charge in [0.05, 0.1) is 33.3 Å². The summed E-state index contributed by atoms with van der Waals surface area (Å²) in [7, 11) is 4.48. The Hall–Kier alpha value is -3.94. The molecular formula is C26H29NO7. The molecule has 0 saturated carbocycles. The summed E-state index contributed by atoms with van der Waals surface area (Å²) in [6, 6.07) is 6.89. The number of amides is 1. The van der Waals surface area contributed by atoms with Gasteiger partial charge < -0.3 is 28.7 Å². The Kier molecular flexibility index (Phi) is 7.50. The van der Waals surface area contributed by atoms with Crippen molar-refractivity contribution in [1.29, 1.82) is 0 Å². The van der Waals surface area contributed by atoms with E-state index in [1.807, 2.05) is 26.0 Å². The fourth-order valence-corrected chi connectivity index (χ4v) is 3.65. The summed E-state index contributed by atoms with van der Waals surface area (Å²) >= 11 is 0. The molecule has 8 heteroatoms. The van der Waals surface area contributed by atoms with E-state index in [0.29, 0.717) is 52.0 Å². The molecule has 3 rings (SSSR count). The van der Waals surface area contributed by atoms with Crippen molar-refractivity contribution < 1.29 is 28.2 Å². The van der Waals surface area contributed by atoms with Gasteiger partial charge in [-0.05, 0) is 44.0 Å². The number of carbonyl (C=O) groups excluding carboxylic acids is 1. The number of nitrogens with one attached hydrogen (secondary N) is 1. The third-order valence-corrected chi connectivity index (χ3v) is 5.41. The maximum absolute atomic E-state index is 12.8. The molecule has 0 bridgehead atoms. The van der Waals surface area contributed by atoms with Crippen molar-refractivity contribution in [3.63, 3.8) is 0 Å². The molecule has 1 aromatic heterocycles. The van der Waals surface area contributed by atoms with E-state index < -0.39 is 5.63 Å². The van der Waals surface area contributed by atoms with E-state index in [1.165, 1.54) is 21.3 Å². The minimum absolute atomic E-state index is 0.159. The zero-order valence-electron chi connectivity index (χ0n) is 20.3. The highest BCUT2D eigenvalue weighted by atomic mass is 16.5. The second kappa shape index (κ2) is 10.3. The van der Waals surface area contributed by atoms with Crippen LogP contribution < -0.4 is 29.9 Å². The molecule has 1 N–H and O–H groups in total. The zero-order valence-corrected chi connectivity index (χ0v) is 20.3. The van der Waals surface area contributed by atoms with Crippen molar-refractivity contribution in [3.05, 3.63) is 63.5 Å². The first-order chi connectivity index (χ1) is 16.2. The van der Waals surface area contributed by atoms with Gasteiger partial charge in [-0.2, -0.15) is 0 Å². The van der Waals surface area contributed by atoms with Gasteiger partial charge in [-0.1, -0.05) is 6.58 Å². The highest BCUT2D eigenvalue weighted by Crippen LogP contribution is 2.40. The summed E-state index contributed by atoms with van der Waals surface area (Å²) in [4.78, 5) is 25.6. The van der Waals surface area contributed by atoms with Crippen LogP contribution in [0.15, 0.2) is 45.6 Å². The van der Waals surface area contributed by atoms with E-state index in [2.05, 4.69) is 11.9 Å². The monoisotopic (exact) mass is 467 g/mol. The highest BCUT2D eigenvalue weighted by Gasteiger charge is 2.19. The Morgan fingerprint density at radius 1 is 1.00 bits per heavy atom. The number of ether oxygens (including phenoxy) is 4. The number of hydrogen-bond donors (Lipinski definition) is 1. The van der Waals surface area contributed by atoms with Gasteiger partial charge >= 0.3 is 5.63 Å². The standard InChI is InChI=1S/C26H29NO7/c1-14(2)13-33-20-9-8-18-15(3)19(26(29)34-24(18)16(20)4)12-23(28)27-17-10-21(30-5)25(32-7)22(11-17)31-6/h8-11H,1,12-13H2,2-7H3,(H,27,28). The summed E-state index contributed by atoms with van der Waals surface area (Å²) < 4.78 is 27.3. The maximum atomic E-state index is 12.8. The lowest BCUT2D eigenvalue weighted by Crippen LogP contribution is -2.21. The van der Waals surface area contributed by atoms with Crippen molar-refractivity contribution in [3.8, 4) is 23.0 Å². The summed E-state index contributed by atoms with van der Waals surface area (Å²) in [5.74, 6) is 1.45. The highest BCUT2D eigenvalue weighted by molar-refractivity contribution is 5.94. The smallest absolute Gasteiger partial charge is 0.340 e. The number of aryl methyl sites for hydroxylation is 2. The van der Waals surface area contributed by atoms with E-state index in [1.54, 1.807) is 19.1 Å². The molecule has 0 fully saturated rings. The first kappa shape index (κ1) is 24.7. The summed E-state index contributed by atoms with van der Waals surface area (Å²) in [6.07, 6.45) is -0.159. The lowest BCUT2D eigenvalue weighted by molar-refractivity contribution is -0.115. The molecule has 0 aliphatic heterocycles. The van der Waals surface area contributed by atoms with Crippen LogP contribution in [0.1, 0.15) is 23.6 Å². The van der Waals surface area contributed by atoms with Crippen LogP contribution in [0.3, 0.4) is 0 Å². The van der Waals surface area contributed by atoms with Gasteiger partial charge in [-0.25, -0.2) is 4.79 Å². The molecule has 0 spiro atoms. The molecule has 0 aliphatic carbocycles. The van der Waals surface area contributed by atoms with Crippen LogP contribution in [0, 0.1) is 13.8 Å². The minimum atomic E-state index is -0.565. The maximum Gasteiger partial charge on any atom is 0.340 e. The molecule has 0 saturated heterocycles. The summed E-state index contributed by atoms with van der Waals surface area (Å²) in [5, 5.41) is 3.52. The molecule has 0 aliphatic rings. The van der Waals surface area contributed by atoms with Gasteiger partial charge in [-0.15, -0.1) is 0 Å². The lowest BCUT2D eigenvalue weighted by atomic mass is 10.0. The number of carbonyl (C=O) groups is 1. The fourth-order valence-electron chi connectivity index (χ4n) is 3.65. The molecule has 2 aromatic carbocycles. The predicted octanol–water partition coefficient (Wildman–Crippen LogP) is 4.57.